The Morgan fingerprint density at radius 1 is 1.35 bits per heavy atom. The molecule has 0 radical (unpaired) electrons. The van der Waals surface area contributed by atoms with Gasteiger partial charge in [-0.25, -0.2) is 4.39 Å². The molecule has 1 heterocycles. The molecule has 0 bridgehead atoms. The number of rotatable bonds is 3. The van der Waals surface area contributed by atoms with Crippen LogP contribution in [0, 0.1) is 5.82 Å². The van der Waals surface area contributed by atoms with Crippen molar-refractivity contribution in [2.75, 3.05) is 25.0 Å². The van der Waals surface area contributed by atoms with Gasteiger partial charge in [-0.1, -0.05) is 6.92 Å². The lowest BCUT2D eigenvalue weighted by Crippen LogP contribution is -2.41. The molecule has 0 saturated carbocycles. The lowest BCUT2D eigenvalue weighted by molar-refractivity contribution is -0.137. The predicted octanol–water partition coefficient (Wildman–Crippen LogP) is 3.74. The number of alkyl halides is 3. The Kier molecular flexibility index (Phi) is 4.52. The lowest BCUT2D eigenvalue weighted by Gasteiger charge is -2.33. The van der Waals surface area contributed by atoms with Crippen LogP contribution in [0.5, 0.6) is 0 Å². The van der Waals surface area contributed by atoms with Gasteiger partial charge in [0.05, 0.1) is 11.3 Å². The van der Waals surface area contributed by atoms with Gasteiger partial charge in [-0.3, -0.25) is 0 Å². The maximum Gasteiger partial charge on any atom is 0.416 e. The minimum Gasteiger partial charge on any atom is -0.379 e. The summed E-state index contributed by atoms with van der Waals surface area (Å²) in [5.41, 5.74) is -0.819. The second-order valence-electron chi connectivity index (χ2n) is 5.07. The van der Waals surface area contributed by atoms with E-state index in [1.807, 2.05) is 0 Å². The highest BCUT2D eigenvalue weighted by atomic mass is 19.4. The molecule has 112 valence electrons. The largest absolute Gasteiger partial charge is 0.416 e. The number of likely N-dealkylation sites (tertiary alicyclic amines) is 1. The van der Waals surface area contributed by atoms with Gasteiger partial charge in [-0.15, -0.1) is 0 Å². The maximum atomic E-state index is 13.7. The van der Waals surface area contributed by atoms with Gasteiger partial charge in [-0.2, -0.15) is 13.2 Å². The first kappa shape index (κ1) is 15.1. The number of hydrogen-bond donors (Lipinski definition) is 1. The quantitative estimate of drug-likeness (QED) is 0.853. The van der Waals surface area contributed by atoms with E-state index in [-0.39, 0.29) is 11.7 Å². The van der Waals surface area contributed by atoms with Crippen molar-refractivity contribution in [2.24, 2.45) is 0 Å². The number of halogens is 4. The Morgan fingerprint density at radius 3 is 2.70 bits per heavy atom. The van der Waals surface area contributed by atoms with Crippen LogP contribution < -0.4 is 5.32 Å². The number of nitrogens with one attached hydrogen (secondary N) is 1. The average molecular weight is 290 g/mol. The van der Waals surface area contributed by atoms with Crippen LogP contribution in [0.1, 0.15) is 25.3 Å². The number of hydrogen-bond acceptors (Lipinski definition) is 2. The number of piperidine rings is 1. The summed E-state index contributed by atoms with van der Waals surface area (Å²) < 4.78 is 51.1. The van der Waals surface area contributed by atoms with Crippen molar-refractivity contribution in [3.05, 3.63) is 29.6 Å². The number of benzene rings is 1. The summed E-state index contributed by atoms with van der Waals surface area (Å²) in [7, 11) is 0. The normalized spacial score (nSPS) is 20.9. The van der Waals surface area contributed by atoms with E-state index >= 15 is 0 Å². The molecule has 1 aliphatic heterocycles. The molecule has 1 fully saturated rings. The highest BCUT2D eigenvalue weighted by molar-refractivity contribution is 5.47. The maximum absolute atomic E-state index is 13.7. The summed E-state index contributed by atoms with van der Waals surface area (Å²) in [6.45, 7) is 4.79. The van der Waals surface area contributed by atoms with Gasteiger partial charge in [0.1, 0.15) is 5.82 Å². The molecule has 0 spiro atoms. The van der Waals surface area contributed by atoms with Crippen LogP contribution in [0.3, 0.4) is 0 Å². The van der Waals surface area contributed by atoms with Gasteiger partial charge in [0.2, 0.25) is 0 Å². The molecule has 6 heteroatoms. The Morgan fingerprint density at radius 2 is 2.10 bits per heavy atom. The van der Waals surface area contributed by atoms with E-state index in [0.717, 1.165) is 38.5 Å². The monoisotopic (exact) mass is 290 g/mol. The average Bonchev–Trinajstić information content (AvgIpc) is 2.40. The van der Waals surface area contributed by atoms with Crippen molar-refractivity contribution >= 4 is 5.69 Å². The Hall–Kier alpha value is -1.30. The molecular weight excluding hydrogens is 272 g/mol. The summed E-state index contributed by atoms with van der Waals surface area (Å²) in [6.07, 6.45) is -2.60. The van der Waals surface area contributed by atoms with Crippen LogP contribution in [-0.2, 0) is 6.18 Å². The summed E-state index contributed by atoms with van der Waals surface area (Å²) in [5.74, 6) is -0.853. The summed E-state index contributed by atoms with van der Waals surface area (Å²) in [5, 5.41) is 3.01. The third-order valence-electron chi connectivity index (χ3n) is 3.61. The van der Waals surface area contributed by atoms with Gasteiger partial charge in [0.25, 0.3) is 0 Å². The topological polar surface area (TPSA) is 15.3 Å². The van der Waals surface area contributed by atoms with Crippen LogP contribution in [0.4, 0.5) is 23.2 Å². The first-order chi connectivity index (χ1) is 9.40. The van der Waals surface area contributed by atoms with Crippen LogP contribution in [0.25, 0.3) is 0 Å². The molecule has 0 aliphatic carbocycles. The van der Waals surface area contributed by atoms with E-state index < -0.39 is 17.6 Å². The highest BCUT2D eigenvalue weighted by Gasteiger charge is 2.31. The third kappa shape index (κ3) is 3.62. The van der Waals surface area contributed by atoms with E-state index in [2.05, 4.69) is 17.1 Å². The van der Waals surface area contributed by atoms with E-state index in [1.165, 1.54) is 6.07 Å². The fraction of sp³-hybridized carbons (Fsp3) is 0.571. The molecule has 1 aromatic rings. The van der Waals surface area contributed by atoms with Crippen molar-refractivity contribution in [1.29, 1.82) is 0 Å². The van der Waals surface area contributed by atoms with Gasteiger partial charge >= 0.3 is 6.18 Å². The van der Waals surface area contributed by atoms with Crippen LogP contribution in [0.15, 0.2) is 18.2 Å². The first-order valence-electron chi connectivity index (χ1n) is 6.75. The van der Waals surface area contributed by atoms with Crippen LogP contribution in [-0.4, -0.2) is 30.6 Å². The van der Waals surface area contributed by atoms with Crippen LogP contribution >= 0.6 is 0 Å². The number of nitrogens with zero attached hydrogens (tertiary/aromatic N) is 1. The number of anilines is 1. The predicted molar refractivity (Wildman–Crippen MR) is 70.2 cm³/mol. The second-order valence-corrected chi connectivity index (χ2v) is 5.07. The van der Waals surface area contributed by atoms with Gasteiger partial charge in [0, 0.05) is 12.6 Å². The molecule has 1 aliphatic rings. The van der Waals surface area contributed by atoms with Crippen molar-refractivity contribution in [3.63, 3.8) is 0 Å². The van der Waals surface area contributed by atoms with E-state index in [9.17, 15) is 17.6 Å². The molecule has 0 aromatic heterocycles. The molecule has 1 saturated heterocycles. The fourth-order valence-corrected chi connectivity index (χ4v) is 2.49. The van der Waals surface area contributed by atoms with Crippen molar-refractivity contribution in [3.8, 4) is 0 Å². The molecule has 1 atom stereocenters. The van der Waals surface area contributed by atoms with Crippen molar-refractivity contribution < 1.29 is 17.6 Å². The molecule has 2 rings (SSSR count). The summed E-state index contributed by atoms with van der Waals surface area (Å²) >= 11 is 0. The number of likely N-dealkylation sites (N-methyl/N-ethyl adjacent to an activating group) is 1. The minimum atomic E-state index is -4.51. The van der Waals surface area contributed by atoms with Gasteiger partial charge in [-0.05, 0) is 44.1 Å². The molecule has 0 amide bonds. The molecular formula is C14H18F4N2. The van der Waals surface area contributed by atoms with Gasteiger partial charge in [0.15, 0.2) is 0 Å². The zero-order chi connectivity index (χ0) is 14.8. The Balaban J connectivity index is 2.06. The fourth-order valence-electron chi connectivity index (χ4n) is 2.49. The standard InChI is InChI=1S/C14H18F4N2/c1-2-20-7-3-4-11(9-20)19-13-6-5-10(8-12(13)15)14(16,17)18/h5-6,8,11,19H,2-4,7,9H2,1H3. The molecule has 1 N–H and O–H groups in total. The Bertz CT molecular complexity index is 459. The van der Waals surface area contributed by atoms with Gasteiger partial charge < -0.3 is 10.2 Å². The second kappa shape index (κ2) is 5.99. The zero-order valence-corrected chi connectivity index (χ0v) is 11.3. The van der Waals surface area contributed by atoms with E-state index in [0.29, 0.717) is 6.07 Å². The van der Waals surface area contributed by atoms with E-state index in [1.54, 1.807) is 0 Å². The molecule has 20 heavy (non-hydrogen) atoms. The van der Waals surface area contributed by atoms with Crippen LogP contribution in [0.2, 0.25) is 0 Å². The van der Waals surface area contributed by atoms with Crippen molar-refractivity contribution in [2.45, 2.75) is 32.0 Å². The zero-order valence-electron chi connectivity index (χ0n) is 11.3. The van der Waals surface area contributed by atoms with E-state index in [4.69, 9.17) is 0 Å². The third-order valence-corrected chi connectivity index (χ3v) is 3.61. The first-order valence-corrected chi connectivity index (χ1v) is 6.75. The highest BCUT2D eigenvalue weighted by Crippen LogP contribution is 2.31. The lowest BCUT2D eigenvalue weighted by atomic mass is 10.0. The SMILES string of the molecule is CCN1CCCC(Nc2ccc(C(F)(F)F)cc2F)C1. The smallest absolute Gasteiger partial charge is 0.379 e. The van der Waals surface area contributed by atoms with Crippen molar-refractivity contribution in [1.82, 2.24) is 4.90 Å². The molecule has 2 nitrogen and oxygen atoms in total. The minimum absolute atomic E-state index is 0.0786. The summed E-state index contributed by atoms with van der Waals surface area (Å²) in [4.78, 5) is 2.24. The Labute approximate surface area is 115 Å². The molecule has 1 aromatic carbocycles. The molecule has 1 unspecified atom stereocenters. The summed E-state index contributed by atoms with van der Waals surface area (Å²) in [6, 6.07) is 2.70.